The van der Waals surface area contributed by atoms with Gasteiger partial charge in [0, 0.05) is 50.5 Å². The molecule has 0 radical (unpaired) electrons. The highest BCUT2D eigenvalue weighted by Gasteiger charge is 2.30. The molecule has 2 aliphatic rings. The van der Waals surface area contributed by atoms with Crippen molar-refractivity contribution >= 4 is 17.4 Å². The average molecular weight is 514 g/mol. The first-order valence-corrected chi connectivity index (χ1v) is 12.8. The van der Waals surface area contributed by atoms with E-state index in [2.05, 4.69) is 27.8 Å². The van der Waals surface area contributed by atoms with Crippen LogP contribution in [0.4, 0.5) is 11.5 Å². The largest absolute Gasteiger partial charge is 0.486 e. The summed E-state index contributed by atoms with van der Waals surface area (Å²) in [4.78, 5) is 24.3. The van der Waals surface area contributed by atoms with Crippen molar-refractivity contribution < 1.29 is 19.4 Å². The number of nitriles is 1. The zero-order valence-corrected chi connectivity index (χ0v) is 21.4. The molecule has 2 aliphatic heterocycles. The van der Waals surface area contributed by atoms with Gasteiger partial charge in [-0.1, -0.05) is 12.1 Å². The second kappa shape index (κ2) is 11.5. The van der Waals surface area contributed by atoms with Gasteiger partial charge in [-0.05, 0) is 55.5 Å². The maximum Gasteiger partial charge on any atom is 0.259 e. The fraction of sp³-hybridized carbons (Fsp3) is 0.345. The van der Waals surface area contributed by atoms with Gasteiger partial charge in [-0.3, -0.25) is 14.6 Å². The zero-order chi connectivity index (χ0) is 26.5. The number of para-hydroxylation sites is 1. The summed E-state index contributed by atoms with van der Waals surface area (Å²) < 4.78 is 11.8. The van der Waals surface area contributed by atoms with Gasteiger partial charge in [-0.2, -0.15) is 5.26 Å². The molecule has 0 saturated carbocycles. The Hall–Kier alpha value is -4.13. The van der Waals surface area contributed by atoms with E-state index < -0.39 is 0 Å². The number of hydrogen-bond acceptors (Lipinski definition) is 8. The van der Waals surface area contributed by atoms with Gasteiger partial charge >= 0.3 is 0 Å². The third-order valence-corrected chi connectivity index (χ3v) is 7.03. The molecule has 1 amide bonds. The maximum atomic E-state index is 13.5. The first-order chi connectivity index (χ1) is 18.6. The number of nitrogens with zero attached hydrogens (tertiary/aromatic N) is 5. The monoisotopic (exact) mass is 513 g/mol. The van der Waals surface area contributed by atoms with Gasteiger partial charge in [0.25, 0.3) is 5.91 Å². The number of carbonyl (C=O) groups is 1. The topological polar surface area (TPSA) is 102 Å². The number of ether oxygens (including phenoxy) is 2. The van der Waals surface area contributed by atoms with Crippen molar-refractivity contribution in [3.63, 3.8) is 0 Å². The molecule has 0 spiro atoms. The Morgan fingerprint density at radius 2 is 1.92 bits per heavy atom. The van der Waals surface area contributed by atoms with Crippen molar-refractivity contribution in [2.75, 3.05) is 55.7 Å². The van der Waals surface area contributed by atoms with Crippen molar-refractivity contribution in [1.82, 2.24) is 9.88 Å². The minimum absolute atomic E-state index is 0.0875. The number of fused-ring (bicyclic) bond motifs is 1. The standard InChI is InChI=1S/C29H31N5O4/c1-21(18-34(27-7-2-3-12-31-27)29(36)23-10-8-22(17-30)9-11-23)32-13-15-33(16-14-32)25-5-4-6-26-28(25)38-24(19-35)20-37-26/h2-12,21,24,35H,13-16,18-20H2,1H3/t21-,24?/m1/s1. The van der Waals surface area contributed by atoms with Crippen molar-refractivity contribution in [3.05, 3.63) is 78.0 Å². The molecule has 0 aliphatic carbocycles. The maximum absolute atomic E-state index is 13.5. The summed E-state index contributed by atoms with van der Waals surface area (Å²) in [5, 5.41) is 18.6. The number of rotatable bonds is 7. The summed E-state index contributed by atoms with van der Waals surface area (Å²) in [7, 11) is 0. The molecular formula is C29H31N5O4. The third kappa shape index (κ3) is 5.42. The van der Waals surface area contributed by atoms with Crippen molar-refractivity contribution in [2.24, 2.45) is 0 Å². The van der Waals surface area contributed by atoms with Gasteiger partial charge < -0.3 is 19.5 Å². The quantitative estimate of drug-likeness (QED) is 0.515. The summed E-state index contributed by atoms with van der Waals surface area (Å²) >= 11 is 0. The molecule has 2 atom stereocenters. The lowest BCUT2D eigenvalue weighted by molar-refractivity contribution is 0.0459. The van der Waals surface area contributed by atoms with Crippen LogP contribution in [0.15, 0.2) is 66.9 Å². The number of aliphatic hydroxyl groups excluding tert-OH is 1. The number of piperazine rings is 1. The SMILES string of the molecule is C[C@H](CN(C(=O)c1ccc(C#N)cc1)c1ccccn1)N1CCN(c2cccc3c2OC(CO)CO3)CC1. The summed E-state index contributed by atoms with van der Waals surface area (Å²) in [6.07, 6.45) is 1.32. The first kappa shape index (κ1) is 25.5. The fourth-order valence-electron chi connectivity index (χ4n) is 4.88. The molecule has 38 heavy (non-hydrogen) atoms. The van der Waals surface area contributed by atoms with E-state index in [1.54, 1.807) is 35.4 Å². The van der Waals surface area contributed by atoms with E-state index in [0.29, 0.717) is 41.6 Å². The predicted octanol–water partition coefficient (Wildman–Crippen LogP) is 2.94. The Balaban J connectivity index is 1.27. The van der Waals surface area contributed by atoms with E-state index >= 15 is 0 Å². The van der Waals surface area contributed by atoms with Crippen LogP contribution in [-0.4, -0.2) is 79.0 Å². The average Bonchev–Trinajstić information content (AvgIpc) is 2.99. The molecule has 2 aromatic carbocycles. The molecule has 9 nitrogen and oxygen atoms in total. The van der Waals surface area contributed by atoms with Gasteiger partial charge in [0.2, 0.25) is 0 Å². The zero-order valence-electron chi connectivity index (χ0n) is 21.4. The Bertz CT molecular complexity index is 1290. The van der Waals surface area contributed by atoms with Crippen LogP contribution < -0.4 is 19.3 Å². The Labute approximate surface area is 222 Å². The van der Waals surface area contributed by atoms with Crippen molar-refractivity contribution in [2.45, 2.75) is 19.1 Å². The Morgan fingerprint density at radius 3 is 2.61 bits per heavy atom. The van der Waals surface area contributed by atoms with Crippen molar-refractivity contribution in [1.29, 1.82) is 5.26 Å². The van der Waals surface area contributed by atoms with Crippen LogP contribution in [0.3, 0.4) is 0 Å². The number of carbonyl (C=O) groups excluding carboxylic acids is 1. The molecular weight excluding hydrogens is 482 g/mol. The molecule has 3 aromatic rings. The molecule has 1 N–H and O–H groups in total. The molecule has 1 saturated heterocycles. The Kier molecular flexibility index (Phi) is 7.73. The molecule has 3 heterocycles. The van der Waals surface area contributed by atoms with E-state index in [4.69, 9.17) is 14.7 Å². The van der Waals surface area contributed by atoms with Crippen LogP contribution in [-0.2, 0) is 0 Å². The molecule has 1 unspecified atom stereocenters. The third-order valence-electron chi connectivity index (χ3n) is 7.03. The lowest BCUT2D eigenvalue weighted by Crippen LogP contribution is -2.53. The smallest absolute Gasteiger partial charge is 0.259 e. The van der Waals surface area contributed by atoms with Gasteiger partial charge in [-0.25, -0.2) is 4.98 Å². The van der Waals surface area contributed by atoms with Crippen LogP contribution in [0, 0.1) is 11.3 Å². The summed E-state index contributed by atoms with van der Waals surface area (Å²) in [6.45, 7) is 6.07. The number of amides is 1. The molecule has 196 valence electrons. The number of anilines is 2. The second-order valence-corrected chi connectivity index (χ2v) is 9.50. The Morgan fingerprint density at radius 1 is 1.13 bits per heavy atom. The highest BCUT2D eigenvalue weighted by Crippen LogP contribution is 2.41. The van der Waals surface area contributed by atoms with Crippen molar-refractivity contribution in [3.8, 4) is 17.6 Å². The molecule has 1 fully saturated rings. The van der Waals surface area contributed by atoms with E-state index in [1.165, 1.54) is 0 Å². The van der Waals surface area contributed by atoms with E-state index in [-0.39, 0.29) is 24.7 Å². The highest BCUT2D eigenvalue weighted by atomic mass is 16.6. The summed E-state index contributed by atoms with van der Waals surface area (Å²) in [5.41, 5.74) is 2.00. The number of hydrogen-bond donors (Lipinski definition) is 1. The molecule has 0 bridgehead atoms. The van der Waals surface area contributed by atoms with Crippen LogP contribution in [0.2, 0.25) is 0 Å². The molecule has 9 heteroatoms. The van der Waals surface area contributed by atoms with Gasteiger partial charge in [0.15, 0.2) is 17.6 Å². The molecule has 1 aromatic heterocycles. The number of aromatic nitrogens is 1. The highest BCUT2D eigenvalue weighted by molar-refractivity contribution is 6.05. The van der Waals surface area contributed by atoms with Crippen LogP contribution in [0.5, 0.6) is 11.5 Å². The van der Waals surface area contributed by atoms with Crippen LogP contribution in [0.1, 0.15) is 22.8 Å². The minimum Gasteiger partial charge on any atom is -0.486 e. The summed E-state index contributed by atoms with van der Waals surface area (Å²) in [5.74, 6) is 1.84. The lowest BCUT2D eigenvalue weighted by Gasteiger charge is -2.41. The number of pyridine rings is 1. The lowest BCUT2D eigenvalue weighted by atomic mass is 10.1. The van der Waals surface area contributed by atoms with Gasteiger partial charge in [-0.15, -0.1) is 0 Å². The summed E-state index contributed by atoms with van der Waals surface area (Å²) in [6, 6.07) is 20.3. The van der Waals surface area contributed by atoms with E-state index in [0.717, 1.165) is 31.9 Å². The van der Waals surface area contributed by atoms with Gasteiger partial charge in [0.05, 0.1) is 23.9 Å². The predicted molar refractivity (Wildman–Crippen MR) is 144 cm³/mol. The van der Waals surface area contributed by atoms with E-state index in [9.17, 15) is 9.90 Å². The molecule has 5 rings (SSSR count). The fourth-order valence-corrected chi connectivity index (χ4v) is 4.88. The normalized spacial score (nSPS) is 17.9. The second-order valence-electron chi connectivity index (χ2n) is 9.50. The van der Waals surface area contributed by atoms with Crippen LogP contribution >= 0.6 is 0 Å². The van der Waals surface area contributed by atoms with Crippen LogP contribution in [0.25, 0.3) is 0 Å². The van der Waals surface area contributed by atoms with E-state index in [1.807, 2.05) is 36.4 Å². The number of benzene rings is 2. The minimum atomic E-state index is -0.365. The number of aliphatic hydroxyl groups is 1. The first-order valence-electron chi connectivity index (χ1n) is 12.8. The van der Waals surface area contributed by atoms with Gasteiger partial charge in [0.1, 0.15) is 12.4 Å².